The molecule has 3 heterocycles. The Labute approximate surface area is 139 Å². The summed E-state index contributed by atoms with van der Waals surface area (Å²) in [6.45, 7) is 6.03. The highest BCUT2D eigenvalue weighted by Gasteiger charge is 2.36. The molecule has 0 bridgehead atoms. The van der Waals surface area contributed by atoms with Gasteiger partial charge < -0.3 is 14.8 Å². The molecule has 1 aliphatic rings. The van der Waals surface area contributed by atoms with Gasteiger partial charge in [0.15, 0.2) is 5.82 Å². The topological polar surface area (TPSA) is 104 Å². The van der Waals surface area contributed by atoms with Gasteiger partial charge in [-0.15, -0.1) is 0 Å². The number of nitrogens with zero attached hydrogens (tertiary/aromatic N) is 4. The molecule has 0 aliphatic heterocycles. The highest BCUT2D eigenvalue weighted by atomic mass is 16.5. The summed E-state index contributed by atoms with van der Waals surface area (Å²) >= 11 is 0. The molecule has 0 saturated heterocycles. The number of nitrogens with two attached hydrogens (primary N) is 1. The lowest BCUT2D eigenvalue weighted by Crippen LogP contribution is -2.34. The molecule has 3 aromatic heterocycles. The van der Waals surface area contributed by atoms with Crippen molar-refractivity contribution in [2.45, 2.75) is 57.9 Å². The van der Waals surface area contributed by atoms with Gasteiger partial charge in [0.2, 0.25) is 0 Å². The lowest BCUT2D eigenvalue weighted by molar-refractivity contribution is 0.373. The largest absolute Gasteiger partial charge is 0.335 e. The van der Waals surface area contributed by atoms with Crippen LogP contribution in [0.2, 0.25) is 0 Å². The number of pyridine rings is 1. The van der Waals surface area contributed by atoms with E-state index < -0.39 is 5.54 Å². The standard InChI is InChI=1S/C17H21N5O2/c1-9(2)13-12-11(8-10(3)19-15(12)24-21-13)14-20-16(22-23-14)17(18)6-4-5-7-17/h8-9H,4-7,18H2,1-3H3. The van der Waals surface area contributed by atoms with Crippen molar-refractivity contribution in [3.63, 3.8) is 0 Å². The maximum absolute atomic E-state index is 6.44. The van der Waals surface area contributed by atoms with Gasteiger partial charge in [-0.2, -0.15) is 4.98 Å². The molecular weight excluding hydrogens is 306 g/mol. The highest BCUT2D eigenvalue weighted by molar-refractivity contribution is 5.91. The van der Waals surface area contributed by atoms with Gasteiger partial charge in [-0.25, -0.2) is 4.98 Å². The molecular formula is C17H21N5O2. The molecule has 4 rings (SSSR count). The van der Waals surface area contributed by atoms with Crippen LogP contribution in [-0.4, -0.2) is 20.3 Å². The molecule has 3 aromatic rings. The summed E-state index contributed by atoms with van der Waals surface area (Å²) < 4.78 is 11.0. The molecule has 0 amide bonds. The van der Waals surface area contributed by atoms with E-state index in [0.29, 0.717) is 17.4 Å². The van der Waals surface area contributed by atoms with Crippen molar-refractivity contribution in [1.82, 2.24) is 20.3 Å². The van der Waals surface area contributed by atoms with E-state index in [0.717, 1.165) is 48.0 Å². The summed E-state index contributed by atoms with van der Waals surface area (Å²) in [6.07, 6.45) is 3.98. The molecule has 7 heteroatoms. The summed E-state index contributed by atoms with van der Waals surface area (Å²) in [4.78, 5) is 9.02. The van der Waals surface area contributed by atoms with Crippen LogP contribution in [0.3, 0.4) is 0 Å². The molecule has 1 aliphatic carbocycles. The van der Waals surface area contributed by atoms with Gasteiger partial charge in [0.05, 0.1) is 22.2 Å². The molecule has 1 fully saturated rings. The monoisotopic (exact) mass is 327 g/mol. The van der Waals surface area contributed by atoms with Crippen molar-refractivity contribution in [3.05, 3.63) is 23.3 Å². The first kappa shape index (κ1) is 15.3. The molecule has 7 nitrogen and oxygen atoms in total. The number of aromatic nitrogens is 4. The van der Waals surface area contributed by atoms with Crippen molar-refractivity contribution in [1.29, 1.82) is 0 Å². The number of hydrogen-bond acceptors (Lipinski definition) is 7. The average molecular weight is 327 g/mol. The maximum atomic E-state index is 6.44. The van der Waals surface area contributed by atoms with Gasteiger partial charge in [-0.05, 0) is 31.7 Å². The number of fused-ring (bicyclic) bond motifs is 1. The SMILES string of the molecule is Cc1cc(-c2nc(C3(N)CCCC3)no2)c2c(C(C)C)noc2n1. The lowest BCUT2D eigenvalue weighted by atomic mass is 9.98. The van der Waals surface area contributed by atoms with Crippen molar-refractivity contribution in [3.8, 4) is 11.5 Å². The van der Waals surface area contributed by atoms with Crippen LogP contribution in [0.4, 0.5) is 0 Å². The zero-order valence-corrected chi connectivity index (χ0v) is 14.2. The Morgan fingerprint density at radius 2 is 1.88 bits per heavy atom. The molecule has 0 atom stereocenters. The minimum atomic E-state index is -0.474. The number of rotatable bonds is 3. The van der Waals surface area contributed by atoms with Gasteiger partial charge in [0.25, 0.3) is 11.6 Å². The van der Waals surface area contributed by atoms with E-state index in [1.54, 1.807) is 0 Å². The van der Waals surface area contributed by atoms with Crippen LogP contribution in [0, 0.1) is 6.92 Å². The first-order valence-electron chi connectivity index (χ1n) is 8.38. The van der Waals surface area contributed by atoms with Crippen molar-refractivity contribution in [2.75, 3.05) is 0 Å². The van der Waals surface area contributed by atoms with Crippen LogP contribution in [0.25, 0.3) is 22.6 Å². The zero-order chi connectivity index (χ0) is 16.9. The van der Waals surface area contributed by atoms with E-state index >= 15 is 0 Å². The minimum absolute atomic E-state index is 0.201. The second kappa shape index (κ2) is 5.37. The Kier molecular flexibility index (Phi) is 3.42. The van der Waals surface area contributed by atoms with Crippen molar-refractivity contribution in [2.24, 2.45) is 5.73 Å². The van der Waals surface area contributed by atoms with E-state index in [-0.39, 0.29) is 5.92 Å². The fraction of sp³-hybridized carbons (Fsp3) is 0.529. The van der Waals surface area contributed by atoms with Crippen molar-refractivity contribution >= 4 is 11.1 Å². The smallest absolute Gasteiger partial charge is 0.259 e. The Balaban J connectivity index is 1.87. The third-order valence-electron chi connectivity index (χ3n) is 4.75. The van der Waals surface area contributed by atoms with Gasteiger partial charge in [0.1, 0.15) is 0 Å². The molecule has 1 saturated carbocycles. The van der Waals surface area contributed by atoms with Crippen LogP contribution in [0.5, 0.6) is 0 Å². The summed E-state index contributed by atoms with van der Waals surface area (Å²) in [7, 11) is 0. The first-order valence-corrected chi connectivity index (χ1v) is 8.38. The van der Waals surface area contributed by atoms with E-state index in [9.17, 15) is 0 Å². The Bertz CT molecular complexity index is 890. The third kappa shape index (κ3) is 2.31. The number of hydrogen-bond donors (Lipinski definition) is 1. The summed E-state index contributed by atoms with van der Waals surface area (Å²) in [6, 6.07) is 1.93. The van der Waals surface area contributed by atoms with Gasteiger partial charge in [-0.1, -0.05) is 37.0 Å². The molecule has 0 aromatic carbocycles. The highest BCUT2D eigenvalue weighted by Crippen LogP contribution is 2.37. The molecule has 0 spiro atoms. The second-order valence-corrected chi connectivity index (χ2v) is 7.00. The van der Waals surface area contributed by atoms with Crippen molar-refractivity contribution < 1.29 is 9.05 Å². The molecule has 0 unspecified atom stereocenters. The summed E-state index contributed by atoms with van der Waals surface area (Å²) in [5, 5.41) is 9.16. The summed E-state index contributed by atoms with van der Waals surface area (Å²) in [5.41, 5.74) is 8.93. The van der Waals surface area contributed by atoms with Gasteiger partial charge in [0, 0.05) is 5.69 Å². The molecule has 0 radical (unpaired) electrons. The van der Waals surface area contributed by atoms with Crippen LogP contribution in [-0.2, 0) is 5.54 Å². The van der Waals surface area contributed by atoms with Gasteiger partial charge >= 0.3 is 0 Å². The Hall–Kier alpha value is -2.28. The quantitative estimate of drug-likeness (QED) is 0.785. The fourth-order valence-corrected chi connectivity index (χ4v) is 3.42. The van der Waals surface area contributed by atoms with Crippen LogP contribution >= 0.6 is 0 Å². The third-order valence-corrected chi connectivity index (χ3v) is 4.75. The Morgan fingerprint density at radius 3 is 2.58 bits per heavy atom. The van der Waals surface area contributed by atoms with Crippen LogP contribution < -0.4 is 5.73 Å². The lowest BCUT2D eigenvalue weighted by Gasteiger charge is -2.17. The fourth-order valence-electron chi connectivity index (χ4n) is 3.42. The molecule has 24 heavy (non-hydrogen) atoms. The predicted octanol–water partition coefficient (Wildman–Crippen LogP) is 3.43. The van der Waals surface area contributed by atoms with Gasteiger partial charge in [-0.3, -0.25) is 0 Å². The van der Waals surface area contributed by atoms with Crippen LogP contribution in [0.1, 0.15) is 62.7 Å². The Morgan fingerprint density at radius 1 is 1.12 bits per heavy atom. The normalized spacial score (nSPS) is 17.2. The van der Waals surface area contributed by atoms with Crippen LogP contribution in [0.15, 0.2) is 15.1 Å². The number of aryl methyl sites for hydroxylation is 1. The second-order valence-electron chi connectivity index (χ2n) is 7.00. The summed E-state index contributed by atoms with van der Waals surface area (Å²) in [5.74, 6) is 1.23. The minimum Gasteiger partial charge on any atom is -0.335 e. The average Bonchev–Trinajstić information content (AvgIpc) is 3.24. The van der Waals surface area contributed by atoms with E-state index in [1.807, 2.05) is 13.0 Å². The zero-order valence-electron chi connectivity index (χ0n) is 14.2. The molecule has 2 N–H and O–H groups in total. The maximum Gasteiger partial charge on any atom is 0.259 e. The predicted molar refractivity (Wildman–Crippen MR) is 88.3 cm³/mol. The van der Waals surface area contributed by atoms with E-state index in [4.69, 9.17) is 14.8 Å². The van der Waals surface area contributed by atoms with E-state index in [2.05, 4.69) is 34.1 Å². The molecule has 126 valence electrons. The first-order chi connectivity index (χ1) is 11.5. The van der Waals surface area contributed by atoms with E-state index in [1.165, 1.54) is 0 Å².